The number of esters is 1. The quantitative estimate of drug-likeness (QED) is 0.161. The van der Waals surface area contributed by atoms with E-state index in [-0.39, 0.29) is 43.0 Å². The van der Waals surface area contributed by atoms with E-state index in [1.54, 1.807) is 21.0 Å². The van der Waals surface area contributed by atoms with Gasteiger partial charge < -0.3 is 55.0 Å². The van der Waals surface area contributed by atoms with Crippen molar-refractivity contribution in [2.45, 2.75) is 148 Å². The molecule has 3 aliphatic heterocycles. The number of ether oxygens (including phenoxy) is 5. The van der Waals surface area contributed by atoms with Crippen LogP contribution in [0.5, 0.6) is 0 Å². The van der Waals surface area contributed by atoms with Crippen LogP contribution in [0.3, 0.4) is 0 Å². The number of aliphatic hydroxyl groups excluding tert-OH is 1. The lowest BCUT2D eigenvalue weighted by Crippen LogP contribution is -2.60. The first kappa shape index (κ1) is 43.0. The second-order valence-corrected chi connectivity index (χ2v) is 15.7. The molecule has 3 fully saturated rings. The summed E-state index contributed by atoms with van der Waals surface area (Å²) in [5, 5.41) is 24.0. The molecule has 5 N–H and O–H groups in total. The first-order valence-corrected chi connectivity index (χ1v) is 18.5. The Bertz CT molecular complexity index is 1210. The predicted octanol–water partition coefficient (Wildman–Crippen LogP) is 1.35. The Morgan fingerprint density at radius 2 is 1.80 bits per heavy atom. The summed E-state index contributed by atoms with van der Waals surface area (Å²) in [5.74, 6) is -3.48. The van der Waals surface area contributed by atoms with E-state index in [1.165, 1.54) is 6.92 Å². The fourth-order valence-electron chi connectivity index (χ4n) is 7.74. The summed E-state index contributed by atoms with van der Waals surface area (Å²) in [6.45, 7) is 17.4. The molecule has 15 heteroatoms. The SMILES string of the molecule is CC[C@H]1OC(=O)C(C)C(=O)[C@H](C)[C@@H](O[C@@H]2O[C@H](CNC(=O)CNC(C)C)CC(N(C)C)C2O)[C@](C)(OC)C[C@@H](C)CN[C@H](C)[C@H]2NC(=O)O[C@@]21C. The van der Waals surface area contributed by atoms with E-state index in [0.717, 1.165) is 0 Å². The van der Waals surface area contributed by atoms with E-state index >= 15 is 0 Å². The van der Waals surface area contributed by atoms with E-state index < -0.39 is 77.6 Å². The standard InChI is InChI=1S/C36H65N5O10/c1-13-26-36(9)30(40-34(46)51-36)23(7)38-16-20(4)15-35(8,47-12)31(21(5)28(43)22(6)32(45)49-26)50-33-29(44)25(41(10)11)14-24(48-33)17-39-27(42)18-37-19(2)3/h19-26,29-31,33,37-38,44H,13-18H2,1-12H3,(H,39,42)(H,40,46)/t20-,21+,22?,23-,24+,25?,26-,29?,30-,31-,33+,35-,36-/m1/s1. The van der Waals surface area contributed by atoms with Crippen LogP contribution in [0, 0.1) is 17.8 Å². The minimum Gasteiger partial charge on any atom is -0.458 e. The van der Waals surface area contributed by atoms with Gasteiger partial charge in [0.05, 0.1) is 30.4 Å². The van der Waals surface area contributed by atoms with Crippen molar-refractivity contribution in [3.63, 3.8) is 0 Å². The molecule has 0 spiro atoms. The summed E-state index contributed by atoms with van der Waals surface area (Å²) in [6, 6.07) is -1.02. The van der Waals surface area contributed by atoms with E-state index in [1.807, 2.05) is 60.5 Å². The maximum Gasteiger partial charge on any atom is 0.408 e. The topological polar surface area (TPSA) is 186 Å². The molecule has 3 unspecified atom stereocenters. The third-order valence-electron chi connectivity index (χ3n) is 10.9. The van der Waals surface area contributed by atoms with Gasteiger partial charge in [0.15, 0.2) is 17.7 Å². The number of cyclic esters (lactones) is 1. The Hall–Kier alpha value is -2.40. The second kappa shape index (κ2) is 18.1. The number of fused-ring (bicyclic) bond motifs is 1. The molecule has 3 saturated heterocycles. The Balaban J connectivity index is 1.97. The number of hydrogen-bond acceptors (Lipinski definition) is 13. The van der Waals surface area contributed by atoms with Gasteiger partial charge in [-0.1, -0.05) is 34.6 Å². The summed E-state index contributed by atoms with van der Waals surface area (Å²) in [4.78, 5) is 54.8. The lowest BCUT2D eigenvalue weighted by molar-refractivity contribution is -0.296. The van der Waals surface area contributed by atoms with Gasteiger partial charge in [0.25, 0.3) is 0 Å². The number of methoxy groups -OCH3 is 1. The first-order valence-electron chi connectivity index (χ1n) is 18.5. The van der Waals surface area contributed by atoms with Crippen LogP contribution < -0.4 is 21.3 Å². The minimum absolute atomic E-state index is 0.0217. The molecule has 0 saturated carbocycles. The van der Waals surface area contributed by atoms with Crippen LogP contribution in [-0.2, 0) is 38.1 Å². The highest BCUT2D eigenvalue weighted by molar-refractivity contribution is 6.00. The predicted molar refractivity (Wildman–Crippen MR) is 190 cm³/mol. The smallest absolute Gasteiger partial charge is 0.408 e. The largest absolute Gasteiger partial charge is 0.458 e. The summed E-state index contributed by atoms with van der Waals surface area (Å²) >= 11 is 0. The highest BCUT2D eigenvalue weighted by Gasteiger charge is 2.55. The molecule has 51 heavy (non-hydrogen) atoms. The van der Waals surface area contributed by atoms with Crippen LogP contribution in [-0.4, -0.2) is 141 Å². The van der Waals surface area contributed by atoms with Crippen molar-refractivity contribution in [1.29, 1.82) is 0 Å². The number of aliphatic hydroxyl groups is 1. The Morgan fingerprint density at radius 1 is 1.14 bits per heavy atom. The number of Topliss-reactive ketones (excluding diaryl/α,β-unsaturated/α-hetero) is 1. The molecule has 0 aromatic carbocycles. The number of hydrogen-bond donors (Lipinski definition) is 5. The summed E-state index contributed by atoms with van der Waals surface area (Å²) < 4.78 is 30.9. The zero-order chi connectivity index (χ0) is 38.4. The van der Waals surface area contributed by atoms with Crippen LogP contribution in [0.15, 0.2) is 0 Å². The lowest BCUT2D eigenvalue weighted by Gasteiger charge is -2.47. The van der Waals surface area contributed by atoms with Gasteiger partial charge in [0.1, 0.15) is 18.1 Å². The zero-order valence-corrected chi connectivity index (χ0v) is 32.7. The number of nitrogens with one attached hydrogen (secondary N) is 4. The number of nitrogens with zero attached hydrogens (tertiary/aromatic N) is 1. The number of carbonyl (C=O) groups is 4. The van der Waals surface area contributed by atoms with Gasteiger partial charge in [-0.05, 0) is 73.5 Å². The number of amides is 2. The Kier molecular flexibility index (Phi) is 15.3. The average Bonchev–Trinajstić information content (AvgIpc) is 3.39. The molecular formula is C36H65N5O10. The highest BCUT2D eigenvalue weighted by Crippen LogP contribution is 2.37. The molecule has 0 aliphatic carbocycles. The fraction of sp³-hybridized carbons (Fsp3) is 0.889. The minimum atomic E-state index is -1.19. The van der Waals surface area contributed by atoms with Crippen LogP contribution in [0.4, 0.5) is 4.79 Å². The maximum absolute atomic E-state index is 14.2. The van der Waals surface area contributed by atoms with Gasteiger partial charge in [-0.25, -0.2) is 4.79 Å². The van der Waals surface area contributed by atoms with Crippen LogP contribution >= 0.6 is 0 Å². The summed E-state index contributed by atoms with van der Waals surface area (Å²) in [5.41, 5.74) is -2.27. The molecule has 13 atom stereocenters. The zero-order valence-electron chi connectivity index (χ0n) is 32.7. The van der Waals surface area contributed by atoms with Gasteiger partial charge in [-0.2, -0.15) is 0 Å². The van der Waals surface area contributed by atoms with Gasteiger partial charge >= 0.3 is 12.1 Å². The molecule has 3 rings (SSSR count). The second-order valence-electron chi connectivity index (χ2n) is 15.7. The average molecular weight is 728 g/mol. The van der Waals surface area contributed by atoms with Crippen LogP contribution in [0.1, 0.15) is 81.6 Å². The highest BCUT2D eigenvalue weighted by atomic mass is 16.7. The normalized spacial score (nSPS) is 40.1. The number of carbonyl (C=O) groups excluding carboxylic acids is 4. The summed E-state index contributed by atoms with van der Waals surface area (Å²) in [7, 11) is 5.26. The van der Waals surface area contributed by atoms with Gasteiger partial charge in [-0.15, -0.1) is 0 Å². The van der Waals surface area contributed by atoms with Crippen molar-refractivity contribution in [2.24, 2.45) is 17.8 Å². The van der Waals surface area contributed by atoms with Crippen molar-refractivity contribution >= 4 is 23.8 Å². The summed E-state index contributed by atoms with van der Waals surface area (Å²) in [6.07, 6.45) is -3.96. The van der Waals surface area contributed by atoms with E-state index in [9.17, 15) is 24.3 Å². The Labute approximate surface area is 303 Å². The molecule has 0 radical (unpaired) electrons. The van der Waals surface area contributed by atoms with E-state index in [0.29, 0.717) is 25.8 Å². The van der Waals surface area contributed by atoms with Gasteiger partial charge in [0, 0.05) is 37.7 Å². The van der Waals surface area contributed by atoms with Crippen LogP contribution in [0.25, 0.3) is 0 Å². The third-order valence-corrected chi connectivity index (χ3v) is 10.9. The first-order chi connectivity index (χ1) is 23.8. The molecule has 0 aromatic rings. The van der Waals surface area contributed by atoms with Crippen molar-refractivity contribution in [2.75, 3.05) is 40.8 Å². The molecule has 294 valence electrons. The number of likely N-dealkylation sites (N-methyl/N-ethyl adjacent to an activating group) is 1. The van der Waals surface area contributed by atoms with E-state index in [4.69, 9.17) is 23.7 Å². The molecule has 3 aliphatic rings. The third kappa shape index (κ3) is 10.4. The molecule has 0 bridgehead atoms. The van der Waals surface area contributed by atoms with Crippen LogP contribution in [0.2, 0.25) is 0 Å². The van der Waals surface area contributed by atoms with Crippen molar-refractivity contribution in [3.05, 3.63) is 0 Å². The molecule has 3 heterocycles. The van der Waals surface area contributed by atoms with Crippen molar-refractivity contribution in [1.82, 2.24) is 26.2 Å². The van der Waals surface area contributed by atoms with Crippen molar-refractivity contribution < 1.29 is 48.0 Å². The molecular weight excluding hydrogens is 662 g/mol. The number of ketones is 1. The van der Waals surface area contributed by atoms with Crippen molar-refractivity contribution in [3.8, 4) is 0 Å². The van der Waals surface area contributed by atoms with Gasteiger partial charge in [0.2, 0.25) is 5.91 Å². The Morgan fingerprint density at radius 3 is 2.39 bits per heavy atom. The van der Waals surface area contributed by atoms with Gasteiger partial charge in [-0.3, -0.25) is 14.4 Å². The lowest BCUT2D eigenvalue weighted by atomic mass is 9.78. The number of alkyl carbamates (subject to hydrolysis) is 1. The van der Waals surface area contributed by atoms with E-state index in [2.05, 4.69) is 21.3 Å². The molecule has 0 aromatic heterocycles. The molecule has 2 amide bonds. The maximum atomic E-state index is 14.2. The fourth-order valence-corrected chi connectivity index (χ4v) is 7.74. The molecule has 15 nitrogen and oxygen atoms in total. The number of rotatable bonds is 10. The monoisotopic (exact) mass is 727 g/mol.